The van der Waals surface area contributed by atoms with Crippen molar-refractivity contribution in [2.24, 2.45) is 5.92 Å². The minimum absolute atomic E-state index is 0.426. The van der Waals surface area contributed by atoms with E-state index >= 15 is 0 Å². The zero-order valence-corrected chi connectivity index (χ0v) is 13.0. The van der Waals surface area contributed by atoms with Gasteiger partial charge in [-0.15, -0.1) is 0 Å². The summed E-state index contributed by atoms with van der Waals surface area (Å²) in [5, 5.41) is 8.16. The largest absolute Gasteiger partial charge is 0.377 e. The zero-order chi connectivity index (χ0) is 13.5. The summed E-state index contributed by atoms with van der Waals surface area (Å²) in [6.45, 7) is 6.29. The molecule has 1 heterocycles. The summed E-state index contributed by atoms with van der Waals surface area (Å²) in [7, 11) is 0. The van der Waals surface area contributed by atoms with Crippen molar-refractivity contribution in [1.82, 2.24) is 5.32 Å². The summed E-state index contributed by atoms with van der Waals surface area (Å²) in [6.07, 6.45) is 6.69. The van der Waals surface area contributed by atoms with Gasteiger partial charge in [0, 0.05) is 12.6 Å². The minimum Gasteiger partial charge on any atom is -0.377 e. The van der Waals surface area contributed by atoms with Crippen molar-refractivity contribution in [3.05, 3.63) is 22.4 Å². The summed E-state index contributed by atoms with van der Waals surface area (Å²) in [5.74, 6) is 0.803. The first-order valence-electron chi connectivity index (χ1n) is 7.71. The highest BCUT2D eigenvalue weighted by Gasteiger charge is 2.36. The zero-order valence-electron chi connectivity index (χ0n) is 12.2. The maximum Gasteiger partial charge on any atom is 0.0756 e. The van der Waals surface area contributed by atoms with Gasteiger partial charge in [0.25, 0.3) is 0 Å². The van der Waals surface area contributed by atoms with Gasteiger partial charge in [-0.1, -0.05) is 6.92 Å². The van der Waals surface area contributed by atoms with Crippen LogP contribution in [0.15, 0.2) is 16.8 Å². The van der Waals surface area contributed by atoms with Gasteiger partial charge in [-0.05, 0) is 73.9 Å². The summed E-state index contributed by atoms with van der Waals surface area (Å²) in [6, 6.07) is 2.77. The molecule has 0 spiro atoms. The summed E-state index contributed by atoms with van der Waals surface area (Å²) >= 11 is 1.79. The van der Waals surface area contributed by atoms with Gasteiger partial charge in [-0.25, -0.2) is 0 Å². The highest BCUT2D eigenvalue weighted by molar-refractivity contribution is 7.07. The Hall–Kier alpha value is -0.380. The molecule has 1 fully saturated rings. The van der Waals surface area contributed by atoms with Crippen molar-refractivity contribution >= 4 is 11.3 Å². The maximum atomic E-state index is 6.04. The molecule has 3 heteroatoms. The molecular weight excluding hydrogens is 254 g/mol. The van der Waals surface area contributed by atoms with Gasteiger partial charge in [0.15, 0.2) is 0 Å². The molecule has 0 aliphatic heterocycles. The molecule has 1 aromatic heterocycles. The predicted molar refractivity (Wildman–Crippen MR) is 82.9 cm³/mol. The third-order valence-electron chi connectivity index (χ3n) is 3.82. The van der Waals surface area contributed by atoms with Crippen LogP contribution in [0.3, 0.4) is 0 Å². The molecule has 1 aliphatic rings. The van der Waals surface area contributed by atoms with Gasteiger partial charge in [0.1, 0.15) is 0 Å². The van der Waals surface area contributed by atoms with Crippen molar-refractivity contribution in [2.45, 2.75) is 58.1 Å². The lowest BCUT2D eigenvalue weighted by molar-refractivity contribution is 0.0171. The van der Waals surface area contributed by atoms with Gasteiger partial charge in [-0.2, -0.15) is 11.3 Å². The van der Waals surface area contributed by atoms with Crippen molar-refractivity contribution in [1.29, 1.82) is 0 Å². The molecule has 1 aromatic rings. The first-order chi connectivity index (χ1) is 9.35. The van der Waals surface area contributed by atoms with Gasteiger partial charge in [0.05, 0.1) is 6.10 Å². The first-order valence-corrected chi connectivity index (χ1v) is 8.65. The van der Waals surface area contributed by atoms with Crippen LogP contribution in [-0.2, 0) is 11.2 Å². The Kier molecular flexibility index (Phi) is 6.35. The molecule has 1 saturated carbocycles. The van der Waals surface area contributed by atoms with Gasteiger partial charge in [-0.3, -0.25) is 0 Å². The number of ether oxygens (including phenoxy) is 1. The molecule has 1 aliphatic carbocycles. The number of aryl methyl sites for hydroxylation is 1. The molecule has 0 aromatic carbocycles. The molecule has 2 rings (SSSR count). The first kappa shape index (κ1) is 15.0. The number of nitrogens with one attached hydrogen (secondary N) is 1. The van der Waals surface area contributed by atoms with E-state index < -0.39 is 0 Å². The van der Waals surface area contributed by atoms with Crippen LogP contribution in [0.25, 0.3) is 0 Å². The SMILES string of the molecule is CCCNC(CCc1ccsc1)C(OCC)C1CC1. The van der Waals surface area contributed by atoms with E-state index in [1.54, 1.807) is 11.3 Å². The lowest BCUT2D eigenvalue weighted by Crippen LogP contribution is -2.43. The van der Waals surface area contributed by atoms with E-state index in [4.69, 9.17) is 4.74 Å². The van der Waals surface area contributed by atoms with Crippen LogP contribution in [0.5, 0.6) is 0 Å². The van der Waals surface area contributed by atoms with E-state index in [1.165, 1.54) is 37.7 Å². The molecule has 1 N–H and O–H groups in total. The van der Waals surface area contributed by atoms with Crippen molar-refractivity contribution in [2.75, 3.05) is 13.2 Å². The fourth-order valence-electron chi connectivity index (χ4n) is 2.67. The molecule has 108 valence electrons. The minimum atomic E-state index is 0.426. The summed E-state index contributed by atoms with van der Waals surface area (Å²) in [5.41, 5.74) is 1.47. The highest BCUT2D eigenvalue weighted by atomic mass is 32.1. The van der Waals surface area contributed by atoms with E-state index in [2.05, 4.69) is 36.0 Å². The predicted octanol–water partition coefficient (Wildman–Crippen LogP) is 3.86. The summed E-state index contributed by atoms with van der Waals surface area (Å²) < 4.78 is 6.04. The number of rotatable bonds is 10. The third kappa shape index (κ3) is 4.90. The van der Waals surface area contributed by atoms with E-state index in [0.717, 1.165) is 19.1 Å². The third-order valence-corrected chi connectivity index (χ3v) is 4.56. The maximum absolute atomic E-state index is 6.04. The highest BCUT2D eigenvalue weighted by Crippen LogP contribution is 2.36. The smallest absolute Gasteiger partial charge is 0.0756 e. The fourth-order valence-corrected chi connectivity index (χ4v) is 3.37. The summed E-state index contributed by atoms with van der Waals surface area (Å²) in [4.78, 5) is 0. The Bertz CT molecular complexity index is 335. The second-order valence-corrected chi connectivity index (χ2v) is 6.27. The van der Waals surface area contributed by atoms with Crippen LogP contribution in [-0.4, -0.2) is 25.3 Å². The Labute approximate surface area is 121 Å². The number of hydrogen-bond donors (Lipinski definition) is 1. The Morgan fingerprint density at radius 1 is 1.42 bits per heavy atom. The normalized spacial score (nSPS) is 18.4. The number of hydrogen-bond acceptors (Lipinski definition) is 3. The quantitative estimate of drug-likeness (QED) is 0.703. The van der Waals surface area contributed by atoms with Crippen LogP contribution in [0, 0.1) is 5.92 Å². The standard InChI is InChI=1S/C16H27NOS/c1-3-10-17-15(8-5-13-9-11-19-12-13)16(18-4-2)14-6-7-14/h9,11-12,14-17H,3-8,10H2,1-2H3. The fraction of sp³-hybridized carbons (Fsp3) is 0.750. The van der Waals surface area contributed by atoms with Crippen LogP contribution < -0.4 is 5.32 Å². The van der Waals surface area contributed by atoms with Crippen LogP contribution in [0.2, 0.25) is 0 Å². The lowest BCUT2D eigenvalue weighted by Gasteiger charge is -2.28. The number of thiophene rings is 1. The van der Waals surface area contributed by atoms with Gasteiger partial charge >= 0.3 is 0 Å². The second kappa shape index (κ2) is 8.03. The van der Waals surface area contributed by atoms with Gasteiger partial charge in [0.2, 0.25) is 0 Å². The van der Waals surface area contributed by atoms with Crippen molar-refractivity contribution in [3.8, 4) is 0 Å². The Balaban J connectivity index is 1.88. The molecule has 0 radical (unpaired) electrons. The van der Waals surface area contributed by atoms with E-state index in [1.807, 2.05) is 0 Å². The van der Waals surface area contributed by atoms with Crippen molar-refractivity contribution < 1.29 is 4.74 Å². The van der Waals surface area contributed by atoms with Gasteiger partial charge < -0.3 is 10.1 Å². The Morgan fingerprint density at radius 3 is 2.84 bits per heavy atom. The Morgan fingerprint density at radius 2 is 2.26 bits per heavy atom. The average molecular weight is 281 g/mol. The monoisotopic (exact) mass is 281 g/mol. The molecule has 0 bridgehead atoms. The molecular formula is C16H27NOS. The molecule has 19 heavy (non-hydrogen) atoms. The van der Waals surface area contributed by atoms with E-state index in [0.29, 0.717) is 12.1 Å². The van der Waals surface area contributed by atoms with Crippen molar-refractivity contribution in [3.63, 3.8) is 0 Å². The topological polar surface area (TPSA) is 21.3 Å². The molecule has 2 nitrogen and oxygen atoms in total. The lowest BCUT2D eigenvalue weighted by atomic mass is 9.99. The van der Waals surface area contributed by atoms with Crippen LogP contribution >= 0.6 is 11.3 Å². The van der Waals surface area contributed by atoms with Crippen LogP contribution in [0.1, 0.15) is 45.1 Å². The van der Waals surface area contributed by atoms with Crippen LogP contribution in [0.4, 0.5) is 0 Å². The average Bonchev–Trinajstić information content (AvgIpc) is 3.13. The molecule has 0 amide bonds. The molecule has 2 atom stereocenters. The van der Waals surface area contributed by atoms with E-state index in [-0.39, 0.29) is 0 Å². The second-order valence-electron chi connectivity index (χ2n) is 5.49. The van der Waals surface area contributed by atoms with E-state index in [9.17, 15) is 0 Å². The molecule has 0 saturated heterocycles. The molecule has 2 unspecified atom stereocenters.